The number of aromatic nitrogens is 1. The Morgan fingerprint density at radius 1 is 0.927 bits per heavy atom. The van der Waals surface area contributed by atoms with Gasteiger partial charge < -0.3 is 35.6 Å². The highest BCUT2D eigenvalue weighted by atomic mass is 16.5. The van der Waals surface area contributed by atoms with E-state index >= 15 is 0 Å². The van der Waals surface area contributed by atoms with Crippen molar-refractivity contribution in [1.82, 2.24) is 4.98 Å². The molecule has 0 saturated heterocycles. The van der Waals surface area contributed by atoms with Crippen molar-refractivity contribution in [3.63, 3.8) is 0 Å². The molecule has 2 aromatic carbocycles. The number of ketones is 1. The first kappa shape index (κ1) is 31.5. The number of hydrogen-bond acceptors (Lipinski definition) is 9. The Bertz CT molecular complexity index is 1300. The van der Waals surface area contributed by atoms with E-state index in [1.807, 2.05) is 0 Å². The molecule has 6 N–H and O–H groups in total. The average Bonchev–Trinajstić information content (AvgIpc) is 2.94. The fourth-order valence-electron chi connectivity index (χ4n) is 4.76. The second-order valence-corrected chi connectivity index (χ2v) is 10.8. The minimum Gasteiger partial charge on any atom is -0.504 e. The zero-order chi connectivity index (χ0) is 29.9. The third kappa shape index (κ3) is 9.56. The zero-order valence-corrected chi connectivity index (χ0v) is 24.0. The van der Waals surface area contributed by atoms with Crippen molar-refractivity contribution in [3.05, 3.63) is 65.4 Å². The van der Waals surface area contributed by atoms with E-state index in [-0.39, 0.29) is 41.6 Å². The summed E-state index contributed by atoms with van der Waals surface area (Å²) in [5.41, 5.74) is 8.14. The van der Waals surface area contributed by atoms with Crippen LogP contribution in [0.2, 0.25) is 0 Å². The highest BCUT2D eigenvalue weighted by molar-refractivity contribution is 5.82. The van der Waals surface area contributed by atoms with E-state index in [1.165, 1.54) is 19.2 Å². The Balaban J connectivity index is 1.71. The Morgan fingerprint density at radius 3 is 2.39 bits per heavy atom. The number of hydrogen-bond donors (Lipinski definition) is 5. The topological polar surface area (TPSA) is 155 Å². The van der Waals surface area contributed by atoms with Crippen LogP contribution in [-0.4, -0.2) is 51.0 Å². The van der Waals surface area contributed by atoms with Crippen LogP contribution < -0.4 is 15.2 Å². The van der Waals surface area contributed by atoms with Crippen LogP contribution in [0.25, 0.3) is 0 Å². The number of rotatable bonds is 16. The molecule has 0 radical (unpaired) electrons. The summed E-state index contributed by atoms with van der Waals surface area (Å²) in [7, 11) is 1.47. The number of aliphatic hydroxyl groups excluding tert-OH is 1. The number of pyridine rings is 1. The van der Waals surface area contributed by atoms with E-state index in [0.29, 0.717) is 48.9 Å². The highest BCUT2D eigenvalue weighted by Crippen LogP contribution is 2.37. The predicted molar refractivity (Wildman–Crippen MR) is 157 cm³/mol. The van der Waals surface area contributed by atoms with Crippen molar-refractivity contribution in [2.75, 3.05) is 19.5 Å². The third-order valence-corrected chi connectivity index (χ3v) is 7.11. The van der Waals surface area contributed by atoms with Crippen LogP contribution in [0.1, 0.15) is 56.2 Å². The molecular weight excluding hydrogens is 524 g/mol. The van der Waals surface area contributed by atoms with Crippen LogP contribution in [0.5, 0.6) is 28.7 Å². The molecule has 1 heterocycles. The first-order chi connectivity index (χ1) is 19.6. The SMILES string of the molecule is COc1cc(CCC(O)C(Cc2ccnc(N)c2)C(=O)CCc2cc(O)c(O)c(OCCCC(C)C)c2)ccc1O. The van der Waals surface area contributed by atoms with Gasteiger partial charge in [0, 0.05) is 18.5 Å². The molecule has 2 atom stereocenters. The molecule has 0 saturated carbocycles. The van der Waals surface area contributed by atoms with E-state index in [0.717, 1.165) is 24.0 Å². The molecule has 1 aromatic heterocycles. The van der Waals surface area contributed by atoms with Crippen LogP contribution in [0.3, 0.4) is 0 Å². The van der Waals surface area contributed by atoms with Crippen molar-refractivity contribution in [2.45, 2.75) is 64.9 Å². The lowest BCUT2D eigenvalue weighted by molar-refractivity contribution is -0.126. The standard InChI is InChI=1S/C32H42N2O7/c1-20(2)5-4-14-41-30-18-22(16-28(38)32(30)39)8-10-26(36)24(15-23-12-13-34-31(33)19-23)25(35)9-6-21-7-11-27(37)29(17-21)40-3/h7,11-13,16-20,24-25,35,37-39H,4-6,8-10,14-15H2,1-3H3,(H2,33,34). The Morgan fingerprint density at radius 2 is 1.68 bits per heavy atom. The Kier molecular flexibility index (Phi) is 11.6. The molecule has 0 aliphatic rings. The molecule has 3 aromatic rings. The summed E-state index contributed by atoms with van der Waals surface area (Å²) in [6.07, 6.45) is 3.93. The number of aryl methyl sites for hydroxylation is 2. The molecule has 9 heteroatoms. The minimum atomic E-state index is -0.940. The second-order valence-electron chi connectivity index (χ2n) is 10.8. The van der Waals surface area contributed by atoms with Gasteiger partial charge in [0.2, 0.25) is 5.75 Å². The second kappa shape index (κ2) is 15.1. The van der Waals surface area contributed by atoms with Gasteiger partial charge in [-0.15, -0.1) is 0 Å². The van der Waals surface area contributed by atoms with Gasteiger partial charge in [-0.1, -0.05) is 19.9 Å². The van der Waals surface area contributed by atoms with Gasteiger partial charge in [-0.25, -0.2) is 4.98 Å². The smallest absolute Gasteiger partial charge is 0.200 e. The quantitative estimate of drug-likeness (QED) is 0.119. The molecule has 41 heavy (non-hydrogen) atoms. The van der Waals surface area contributed by atoms with Gasteiger partial charge in [-0.05, 0) is 97.5 Å². The van der Waals surface area contributed by atoms with Crippen LogP contribution in [-0.2, 0) is 24.1 Å². The van der Waals surface area contributed by atoms with Crippen LogP contribution in [0.15, 0.2) is 48.7 Å². The zero-order valence-electron chi connectivity index (χ0n) is 24.0. The largest absolute Gasteiger partial charge is 0.504 e. The van der Waals surface area contributed by atoms with Crippen molar-refractivity contribution >= 4 is 11.6 Å². The average molecular weight is 567 g/mol. The maximum atomic E-state index is 13.5. The van der Waals surface area contributed by atoms with Crippen molar-refractivity contribution in [3.8, 4) is 28.7 Å². The summed E-state index contributed by atoms with van der Waals surface area (Å²) in [4.78, 5) is 17.5. The molecule has 0 aliphatic carbocycles. The van der Waals surface area contributed by atoms with Crippen molar-refractivity contribution in [2.24, 2.45) is 11.8 Å². The lowest BCUT2D eigenvalue weighted by Gasteiger charge is -2.23. The number of phenols is 3. The van der Waals surface area contributed by atoms with Crippen molar-refractivity contribution < 1.29 is 34.7 Å². The highest BCUT2D eigenvalue weighted by Gasteiger charge is 2.27. The van der Waals surface area contributed by atoms with Gasteiger partial charge in [-0.2, -0.15) is 0 Å². The van der Waals surface area contributed by atoms with E-state index in [2.05, 4.69) is 18.8 Å². The molecule has 0 bridgehead atoms. The number of aromatic hydroxyl groups is 3. The predicted octanol–water partition coefficient (Wildman–Crippen LogP) is 4.96. The number of methoxy groups -OCH3 is 1. The fraction of sp³-hybridized carbons (Fsp3) is 0.438. The number of nitrogen functional groups attached to an aromatic ring is 1. The van der Waals surface area contributed by atoms with Gasteiger partial charge in [0.05, 0.1) is 19.8 Å². The molecule has 0 spiro atoms. The van der Waals surface area contributed by atoms with Crippen LogP contribution in [0, 0.1) is 11.8 Å². The van der Waals surface area contributed by atoms with Gasteiger partial charge >= 0.3 is 0 Å². The summed E-state index contributed by atoms with van der Waals surface area (Å²) >= 11 is 0. The minimum absolute atomic E-state index is 0.0320. The van der Waals surface area contributed by atoms with Crippen LogP contribution in [0.4, 0.5) is 5.82 Å². The number of anilines is 1. The van der Waals surface area contributed by atoms with Gasteiger partial charge in [0.15, 0.2) is 23.0 Å². The molecule has 222 valence electrons. The number of carbonyl (C=O) groups excluding carboxylic acids is 1. The molecule has 0 amide bonds. The molecule has 3 rings (SSSR count). The Hall–Kier alpha value is -3.98. The molecule has 9 nitrogen and oxygen atoms in total. The van der Waals surface area contributed by atoms with Crippen LogP contribution >= 0.6 is 0 Å². The Labute approximate surface area is 241 Å². The number of phenolic OH excluding ortho intramolecular Hbond substituents is 3. The van der Waals surface area contributed by atoms with Gasteiger partial charge in [-0.3, -0.25) is 4.79 Å². The van der Waals surface area contributed by atoms with E-state index in [9.17, 15) is 25.2 Å². The summed E-state index contributed by atoms with van der Waals surface area (Å²) in [6.45, 7) is 4.66. The number of nitrogens with two attached hydrogens (primary N) is 1. The monoisotopic (exact) mass is 566 g/mol. The lowest BCUT2D eigenvalue weighted by Crippen LogP contribution is -2.31. The number of aliphatic hydroxyl groups is 1. The van der Waals surface area contributed by atoms with E-state index in [1.54, 1.807) is 36.5 Å². The summed E-state index contributed by atoms with van der Waals surface area (Å²) in [6, 6.07) is 11.5. The maximum absolute atomic E-state index is 13.5. The fourth-order valence-corrected chi connectivity index (χ4v) is 4.76. The van der Waals surface area contributed by atoms with Gasteiger partial charge in [0.1, 0.15) is 11.6 Å². The van der Waals surface area contributed by atoms with E-state index in [4.69, 9.17) is 15.2 Å². The van der Waals surface area contributed by atoms with Crippen molar-refractivity contribution in [1.29, 1.82) is 0 Å². The maximum Gasteiger partial charge on any atom is 0.200 e. The third-order valence-electron chi connectivity index (χ3n) is 7.11. The van der Waals surface area contributed by atoms with E-state index < -0.39 is 12.0 Å². The number of Topliss-reactive ketones (excluding diaryl/α,β-unsaturated/α-hetero) is 1. The number of nitrogens with zero attached hydrogens (tertiary/aromatic N) is 1. The molecular formula is C32H42N2O7. The molecule has 0 fully saturated rings. The first-order valence-corrected chi connectivity index (χ1v) is 14.0. The number of carbonyl (C=O) groups is 1. The molecule has 2 unspecified atom stereocenters. The summed E-state index contributed by atoms with van der Waals surface area (Å²) in [5.74, 6) is -0.0303. The molecule has 0 aliphatic heterocycles. The number of benzene rings is 2. The number of ether oxygens (including phenoxy) is 2. The normalized spacial score (nSPS) is 12.7. The summed E-state index contributed by atoms with van der Waals surface area (Å²) in [5, 5.41) is 41.5. The lowest BCUT2D eigenvalue weighted by atomic mass is 9.85. The summed E-state index contributed by atoms with van der Waals surface area (Å²) < 4.78 is 10.9. The first-order valence-electron chi connectivity index (χ1n) is 14.0. The van der Waals surface area contributed by atoms with Gasteiger partial charge in [0.25, 0.3) is 0 Å².